The molecule has 0 saturated carbocycles. The summed E-state index contributed by atoms with van der Waals surface area (Å²) >= 11 is 0. The minimum atomic E-state index is -0.657. The lowest BCUT2D eigenvalue weighted by Crippen LogP contribution is -2.45. The number of hydrogen-bond donors (Lipinski definition) is 1. The van der Waals surface area contributed by atoms with Crippen molar-refractivity contribution in [3.8, 4) is 5.75 Å². The van der Waals surface area contributed by atoms with Crippen molar-refractivity contribution >= 4 is 16.8 Å². The van der Waals surface area contributed by atoms with Gasteiger partial charge in [0, 0.05) is 43.7 Å². The second-order valence-corrected chi connectivity index (χ2v) is 8.51. The Kier molecular flexibility index (Phi) is 4.62. The average molecular weight is 428 g/mol. The quantitative estimate of drug-likeness (QED) is 0.543. The second-order valence-electron chi connectivity index (χ2n) is 8.51. The monoisotopic (exact) mass is 428 g/mol. The first-order valence-electron chi connectivity index (χ1n) is 10.5. The third-order valence-electron chi connectivity index (χ3n) is 6.37. The van der Waals surface area contributed by atoms with Gasteiger partial charge in [0.1, 0.15) is 0 Å². The molecular formula is C25H24N4O3. The van der Waals surface area contributed by atoms with E-state index in [1.165, 1.54) is 10.2 Å². The van der Waals surface area contributed by atoms with Crippen LogP contribution >= 0.6 is 0 Å². The van der Waals surface area contributed by atoms with Crippen LogP contribution in [0.2, 0.25) is 0 Å². The van der Waals surface area contributed by atoms with Crippen molar-refractivity contribution in [2.75, 3.05) is 13.6 Å². The van der Waals surface area contributed by atoms with E-state index in [1.807, 2.05) is 25.2 Å². The SMILES string of the molecule is Cc1ccc2c(C(c3ccccc3)C3CN(C)C(=O)c4c(O)c(=O)cnn43)cn(C)c2c1. The molecule has 2 atom stereocenters. The first kappa shape index (κ1) is 20.1. The number of nitrogens with zero attached hydrogens (tertiary/aromatic N) is 4. The molecule has 1 amide bonds. The Balaban J connectivity index is 1.80. The van der Waals surface area contributed by atoms with Crippen LogP contribution in [0.15, 0.2) is 65.7 Å². The molecule has 0 aliphatic carbocycles. The van der Waals surface area contributed by atoms with Gasteiger partial charge in [0.2, 0.25) is 5.43 Å². The first-order chi connectivity index (χ1) is 15.4. The van der Waals surface area contributed by atoms with Crippen molar-refractivity contribution in [3.05, 3.63) is 93.5 Å². The molecule has 7 nitrogen and oxygen atoms in total. The van der Waals surface area contributed by atoms with Crippen LogP contribution in [0.25, 0.3) is 10.9 Å². The maximum absolute atomic E-state index is 12.8. The Morgan fingerprint density at radius 3 is 2.59 bits per heavy atom. The van der Waals surface area contributed by atoms with Gasteiger partial charge in [0.25, 0.3) is 5.91 Å². The molecule has 2 aromatic heterocycles. The van der Waals surface area contributed by atoms with Gasteiger partial charge in [-0.3, -0.25) is 14.3 Å². The molecule has 0 radical (unpaired) electrons. The highest BCUT2D eigenvalue weighted by Crippen LogP contribution is 2.42. The average Bonchev–Trinajstić information content (AvgIpc) is 3.10. The number of benzene rings is 2. The van der Waals surface area contributed by atoms with Crippen LogP contribution in [0.1, 0.15) is 39.1 Å². The summed E-state index contributed by atoms with van der Waals surface area (Å²) in [6.07, 6.45) is 3.21. The summed E-state index contributed by atoms with van der Waals surface area (Å²) in [6, 6.07) is 16.2. The van der Waals surface area contributed by atoms with E-state index in [4.69, 9.17) is 0 Å². The van der Waals surface area contributed by atoms with Gasteiger partial charge in [-0.15, -0.1) is 0 Å². The molecule has 162 valence electrons. The van der Waals surface area contributed by atoms with Gasteiger partial charge >= 0.3 is 0 Å². The van der Waals surface area contributed by atoms with E-state index >= 15 is 0 Å². The van der Waals surface area contributed by atoms with Gasteiger partial charge in [-0.2, -0.15) is 5.10 Å². The van der Waals surface area contributed by atoms with Crippen molar-refractivity contribution in [1.29, 1.82) is 0 Å². The smallest absolute Gasteiger partial charge is 0.275 e. The number of aryl methyl sites for hydroxylation is 2. The molecule has 3 heterocycles. The number of fused-ring (bicyclic) bond motifs is 2. The lowest BCUT2D eigenvalue weighted by atomic mass is 9.83. The molecule has 1 aliphatic rings. The molecule has 1 N–H and O–H groups in total. The van der Waals surface area contributed by atoms with Gasteiger partial charge in [0.15, 0.2) is 11.4 Å². The molecule has 1 aliphatic heterocycles. The molecule has 0 bridgehead atoms. The van der Waals surface area contributed by atoms with Gasteiger partial charge < -0.3 is 14.6 Å². The molecule has 32 heavy (non-hydrogen) atoms. The van der Waals surface area contributed by atoms with Gasteiger partial charge in [-0.1, -0.05) is 42.5 Å². The molecule has 0 saturated heterocycles. The molecular weight excluding hydrogens is 404 g/mol. The zero-order valence-electron chi connectivity index (χ0n) is 18.2. The largest absolute Gasteiger partial charge is 0.502 e. The standard InChI is InChI=1S/C25H24N4O3/c1-15-9-10-17-18(13-27(2)19(17)11-15)22(16-7-5-4-6-8-16)20-14-28(3)25(32)23-24(31)21(30)12-26-29(20)23/h4-13,20,22,31H,14H2,1-3H3. The Labute approximate surface area is 185 Å². The highest BCUT2D eigenvalue weighted by molar-refractivity contribution is 5.95. The molecule has 0 fully saturated rings. The van der Waals surface area contributed by atoms with E-state index in [0.717, 1.165) is 28.2 Å². The van der Waals surface area contributed by atoms with Crippen molar-refractivity contribution in [2.45, 2.75) is 18.9 Å². The summed E-state index contributed by atoms with van der Waals surface area (Å²) in [5.41, 5.74) is 3.76. The Morgan fingerprint density at radius 2 is 1.84 bits per heavy atom. The normalized spacial score (nSPS) is 16.9. The van der Waals surface area contributed by atoms with Gasteiger partial charge in [-0.05, 0) is 29.7 Å². The van der Waals surface area contributed by atoms with Gasteiger partial charge in [0.05, 0.1) is 12.2 Å². The molecule has 5 rings (SSSR count). The summed E-state index contributed by atoms with van der Waals surface area (Å²) in [6.45, 7) is 2.46. The van der Waals surface area contributed by atoms with E-state index in [0.29, 0.717) is 6.54 Å². The molecule has 4 aromatic rings. The summed E-state index contributed by atoms with van der Waals surface area (Å²) in [7, 11) is 3.71. The van der Waals surface area contributed by atoms with E-state index in [1.54, 1.807) is 11.9 Å². The maximum atomic E-state index is 12.8. The van der Waals surface area contributed by atoms with Crippen LogP contribution in [0.5, 0.6) is 5.75 Å². The van der Waals surface area contributed by atoms with E-state index in [-0.39, 0.29) is 17.7 Å². The number of aromatic nitrogens is 3. The predicted octanol–water partition coefficient (Wildman–Crippen LogP) is 3.21. The third kappa shape index (κ3) is 3.00. The summed E-state index contributed by atoms with van der Waals surface area (Å²) in [4.78, 5) is 26.5. The third-order valence-corrected chi connectivity index (χ3v) is 6.37. The lowest BCUT2D eigenvalue weighted by Gasteiger charge is -2.37. The second kappa shape index (κ2) is 7.37. The van der Waals surface area contributed by atoms with Crippen LogP contribution in [0.3, 0.4) is 0 Å². The Morgan fingerprint density at radius 1 is 1.09 bits per heavy atom. The highest BCUT2D eigenvalue weighted by Gasteiger charge is 2.39. The van der Waals surface area contributed by atoms with Crippen molar-refractivity contribution < 1.29 is 9.90 Å². The summed E-state index contributed by atoms with van der Waals surface area (Å²) < 4.78 is 3.65. The number of rotatable bonds is 3. The summed E-state index contributed by atoms with van der Waals surface area (Å²) in [5, 5.41) is 15.9. The van der Waals surface area contributed by atoms with E-state index in [9.17, 15) is 14.7 Å². The number of hydrogen-bond acceptors (Lipinski definition) is 4. The van der Waals surface area contributed by atoms with Crippen LogP contribution in [0, 0.1) is 6.92 Å². The molecule has 7 heteroatoms. The Bertz CT molecular complexity index is 1400. The predicted molar refractivity (Wildman–Crippen MR) is 122 cm³/mol. The maximum Gasteiger partial charge on any atom is 0.275 e. The highest BCUT2D eigenvalue weighted by atomic mass is 16.3. The van der Waals surface area contributed by atoms with E-state index < -0.39 is 17.1 Å². The summed E-state index contributed by atoms with van der Waals surface area (Å²) in [5.74, 6) is -1.13. The molecule has 0 spiro atoms. The minimum absolute atomic E-state index is 0.0618. The first-order valence-corrected chi connectivity index (χ1v) is 10.5. The number of carbonyl (C=O) groups excluding carboxylic acids is 1. The van der Waals surface area contributed by atoms with Crippen LogP contribution in [-0.2, 0) is 7.05 Å². The zero-order chi connectivity index (χ0) is 22.6. The van der Waals surface area contributed by atoms with Crippen molar-refractivity contribution in [3.63, 3.8) is 0 Å². The zero-order valence-corrected chi connectivity index (χ0v) is 18.2. The molecule has 2 unspecified atom stereocenters. The van der Waals surface area contributed by atoms with Gasteiger partial charge in [-0.25, -0.2) is 0 Å². The minimum Gasteiger partial charge on any atom is -0.502 e. The fourth-order valence-electron chi connectivity index (χ4n) is 4.82. The lowest BCUT2D eigenvalue weighted by molar-refractivity contribution is 0.0686. The number of amides is 1. The topological polar surface area (TPSA) is 80.4 Å². The fraction of sp³-hybridized carbons (Fsp3) is 0.240. The van der Waals surface area contributed by atoms with Crippen LogP contribution in [0.4, 0.5) is 0 Å². The van der Waals surface area contributed by atoms with E-state index in [2.05, 4.69) is 53.1 Å². The van der Waals surface area contributed by atoms with Crippen LogP contribution in [-0.4, -0.2) is 43.9 Å². The van der Waals surface area contributed by atoms with Crippen molar-refractivity contribution in [1.82, 2.24) is 19.2 Å². The number of aromatic hydroxyl groups is 1. The van der Waals surface area contributed by atoms with Crippen molar-refractivity contribution in [2.24, 2.45) is 7.05 Å². The Hall–Kier alpha value is -3.87. The fourth-order valence-corrected chi connectivity index (χ4v) is 4.82. The molecule has 2 aromatic carbocycles. The van der Waals surface area contributed by atoms with Crippen LogP contribution < -0.4 is 5.43 Å². The number of carbonyl (C=O) groups is 1. The number of likely N-dealkylation sites (N-methyl/N-ethyl adjacent to an activating group) is 1.